The molecule has 1 aromatic carbocycles. The van der Waals surface area contributed by atoms with Crippen molar-refractivity contribution in [2.75, 3.05) is 0 Å². The average molecular weight is 213 g/mol. The summed E-state index contributed by atoms with van der Waals surface area (Å²) in [6.07, 6.45) is -0.639. The zero-order chi connectivity index (χ0) is 11.5. The lowest BCUT2D eigenvalue weighted by Crippen LogP contribution is -2.03. The normalized spacial score (nSPS) is 12.4. The van der Waals surface area contributed by atoms with E-state index in [9.17, 15) is 5.11 Å². The van der Waals surface area contributed by atoms with Crippen molar-refractivity contribution >= 4 is 0 Å². The topological polar surface area (TPSA) is 33.1 Å². The summed E-state index contributed by atoms with van der Waals surface area (Å²) in [6, 6.07) is 13.5. The number of benzene rings is 1. The predicted molar refractivity (Wildman–Crippen MR) is 64.2 cm³/mol. The van der Waals surface area contributed by atoms with Crippen molar-refractivity contribution in [3.8, 4) is 0 Å². The zero-order valence-corrected chi connectivity index (χ0v) is 9.51. The Hall–Kier alpha value is -1.67. The van der Waals surface area contributed by atoms with Gasteiger partial charge < -0.3 is 5.11 Å². The van der Waals surface area contributed by atoms with E-state index in [4.69, 9.17) is 0 Å². The lowest BCUT2D eigenvalue weighted by molar-refractivity contribution is 0.215. The second-order valence-corrected chi connectivity index (χ2v) is 4.02. The SMILES string of the molecule is Cc1cccc(C(O)c2cccc(C)n2)c1. The van der Waals surface area contributed by atoms with Crippen LogP contribution in [-0.4, -0.2) is 10.1 Å². The maximum atomic E-state index is 10.2. The summed E-state index contributed by atoms with van der Waals surface area (Å²) in [4.78, 5) is 4.33. The molecule has 1 aromatic heterocycles. The van der Waals surface area contributed by atoms with Gasteiger partial charge in [-0.05, 0) is 31.5 Å². The highest BCUT2D eigenvalue weighted by molar-refractivity contribution is 5.29. The van der Waals surface area contributed by atoms with E-state index in [1.807, 2.05) is 56.3 Å². The van der Waals surface area contributed by atoms with Crippen LogP contribution in [0.3, 0.4) is 0 Å². The highest BCUT2D eigenvalue weighted by Crippen LogP contribution is 2.20. The zero-order valence-electron chi connectivity index (χ0n) is 9.51. The fourth-order valence-corrected chi connectivity index (χ4v) is 1.73. The number of aliphatic hydroxyl groups excluding tert-OH is 1. The molecule has 0 aliphatic carbocycles. The van der Waals surface area contributed by atoms with Gasteiger partial charge in [0.1, 0.15) is 6.10 Å². The van der Waals surface area contributed by atoms with Gasteiger partial charge in [0.2, 0.25) is 0 Å². The Morgan fingerprint density at radius 1 is 1.06 bits per heavy atom. The predicted octanol–water partition coefficient (Wildman–Crippen LogP) is 2.78. The Kier molecular flexibility index (Phi) is 3.02. The minimum Gasteiger partial charge on any atom is -0.382 e. The molecule has 0 aliphatic rings. The van der Waals surface area contributed by atoms with E-state index in [2.05, 4.69) is 4.98 Å². The van der Waals surface area contributed by atoms with Gasteiger partial charge in [0, 0.05) is 5.69 Å². The van der Waals surface area contributed by atoms with Crippen molar-refractivity contribution in [2.45, 2.75) is 20.0 Å². The maximum Gasteiger partial charge on any atom is 0.121 e. The van der Waals surface area contributed by atoms with Crippen LogP contribution in [0.15, 0.2) is 42.5 Å². The van der Waals surface area contributed by atoms with Crippen molar-refractivity contribution in [2.24, 2.45) is 0 Å². The highest BCUT2D eigenvalue weighted by atomic mass is 16.3. The Morgan fingerprint density at radius 2 is 1.81 bits per heavy atom. The molecule has 1 unspecified atom stereocenters. The van der Waals surface area contributed by atoms with Crippen LogP contribution < -0.4 is 0 Å². The van der Waals surface area contributed by atoms with Gasteiger partial charge >= 0.3 is 0 Å². The number of pyridine rings is 1. The molecule has 16 heavy (non-hydrogen) atoms. The summed E-state index contributed by atoms with van der Waals surface area (Å²) in [5.74, 6) is 0. The molecule has 1 atom stereocenters. The molecule has 1 heterocycles. The fourth-order valence-electron chi connectivity index (χ4n) is 1.73. The van der Waals surface area contributed by atoms with E-state index < -0.39 is 6.10 Å². The van der Waals surface area contributed by atoms with Crippen LogP contribution in [0.2, 0.25) is 0 Å². The third-order valence-electron chi connectivity index (χ3n) is 2.55. The molecular formula is C14H15NO. The van der Waals surface area contributed by atoms with Gasteiger partial charge in [-0.25, -0.2) is 0 Å². The smallest absolute Gasteiger partial charge is 0.121 e. The lowest BCUT2D eigenvalue weighted by atomic mass is 10.0. The lowest BCUT2D eigenvalue weighted by Gasteiger charge is -2.11. The highest BCUT2D eigenvalue weighted by Gasteiger charge is 2.11. The molecule has 82 valence electrons. The minimum atomic E-state index is -0.639. The number of aromatic nitrogens is 1. The second kappa shape index (κ2) is 4.45. The average Bonchev–Trinajstić information content (AvgIpc) is 2.28. The van der Waals surface area contributed by atoms with Gasteiger partial charge in [-0.1, -0.05) is 35.9 Å². The van der Waals surface area contributed by atoms with E-state index in [0.29, 0.717) is 5.69 Å². The molecule has 0 saturated heterocycles. The molecule has 2 rings (SSSR count). The molecule has 0 fully saturated rings. The molecule has 0 bridgehead atoms. The van der Waals surface area contributed by atoms with Crippen molar-refractivity contribution in [3.63, 3.8) is 0 Å². The first-order valence-corrected chi connectivity index (χ1v) is 5.35. The van der Waals surface area contributed by atoms with E-state index in [1.165, 1.54) is 0 Å². The first-order chi connectivity index (χ1) is 7.66. The molecule has 2 heteroatoms. The summed E-state index contributed by atoms with van der Waals surface area (Å²) in [7, 11) is 0. The largest absolute Gasteiger partial charge is 0.382 e. The van der Waals surface area contributed by atoms with Crippen molar-refractivity contribution in [1.29, 1.82) is 0 Å². The van der Waals surface area contributed by atoms with E-state index in [-0.39, 0.29) is 0 Å². The standard InChI is InChI=1S/C14H15NO/c1-10-5-3-7-12(9-10)14(16)13-8-4-6-11(2)15-13/h3-9,14,16H,1-2H3. The van der Waals surface area contributed by atoms with Crippen LogP contribution in [0.25, 0.3) is 0 Å². The molecule has 0 aliphatic heterocycles. The molecule has 1 N–H and O–H groups in total. The van der Waals surface area contributed by atoms with Crippen LogP contribution in [0.1, 0.15) is 28.6 Å². The van der Waals surface area contributed by atoms with Gasteiger partial charge in [0.15, 0.2) is 0 Å². The van der Waals surface area contributed by atoms with E-state index >= 15 is 0 Å². The quantitative estimate of drug-likeness (QED) is 0.832. The van der Waals surface area contributed by atoms with Crippen molar-refractivity contribution in [1.82, 2.24) is 4.98 Å². The van der Waals surface area contributed by atoms with Crippen molar-refractivity contribution < 1.29 is 5.11 Å². The molecule has 0 radical (unpaired) electrons. The number of hydrogen-bond donors (Lipinski definition) is 1. The summed E-state index contributed by atoms with van der Waals surface area (Å²) in [5, 5.41) is 10.2. The first kappa shape index (κ1) is 10.8. The fraction of sp³-hybridized carbons (Fsp3) is 0.214. The number of aryl methyl sites for hydroxylation is 2. The van der Waals surface area contributed by atoms with Crippen LogP contribution >= 0.6 is 0 Å². The third-order valence-corrected chi connectivity index (χ3v) is 2.55. The number of nitrogens with zero attached hydrogens (tertiary/aromatic N) is 1. The summed E-state index contributed by atoms with van der Waals surface area (Å²) in [6.45, 7) is 3.94. The summed E-state index contributed by atoms with van der Waals surface area (Å²) < 4.78 is 0. The van der Waals surface area contributed by atoms with Crippen molar-refractivity contribution in [3.05, 3.63) is 65.0 Å². The summed E-state index contributed by atoms with van der Waals surface area (Å²) in [5.41, 5.74) is 3.65. The molecular weight excluding hydrogens is 198 g/mol. The van der Waals surface area contributed by atoms with Gasteiger partial charge in [-0.3, -0.25) is 4.98 Å². The molecule has 2 nitrogen and oxygen atoms in total. The number of rotatable bonds is 2. The van der Waals surface area contributed by atoms with Gasteiger partial charge in [0.05, 0.1) is 5.69 Å². The van der Waals surface area contributed by atoms with E-state index in [0.717, 1.165) is 16.8 Å². The Morgan fingerprint density at radius 3 is 2.50 bits per heavy atom. The summed E-state index contributed by atoms with van der Waals surface area (Å²) >= 11 is 0. The molecule has 0 saturated carbocycles. The van der Waals surface area contributed by atoms with Crippen LogP contribution in [0.4, 0.5) is 0 Å². The van der Waals surface area contributed by atoms with Gasteiger partial charge in [-0.15, -0.1) is 0 Å². The first-order valence-electron chi connectivity index (χ1n) is 5.35. The monoisotopic (exact) mass is 213 g/mol. The number of aliphatic hydroxyl groups is 1. The Balaban J connectivity index is 2.35. The van der Waals surface area contributed by atoms with Crippen LogP contribution in [-0.2, 0) is 0 Å². The third kappa shape index (κ3) is 2.28. The van der Waals surface area contributed by atoms with Gasteiger partial charge in [0.25, 0.3) is 0 Å². The Bertz CT molecular complexity index is 448. The second-order valence-electron chi connectivity index (χ2n) is 4.02. The molecule has 2 aromatic rings. The van der Waals surface area contributed by atoms with Gasteiger partial charge in [-0.2, -0.15) is 0 Å². The molecule has 0 spiro atoms. The Labute approximate surface area is 95.6 Å². The molecule has 0 amide bonds. The number of hydrogen-bond acceptors (Lipinski definition) is 2. The maximum absolute atomic E-state index is 10.2. The van der Waals surface area contributed by atoms with Crippen LogP contribution in [0, 0.1) is 13.8 Å². The van der Waals surface area contributed by atoms with E-state index in [1.54, 1.807) is 0 Å². The van der Waals surface area contributed by atoms with Crippen LogP contribution in [0.5, 0.6) is 0 Å². The minimum absolute atomic E-state index is 0.639.